The van der Waals surface area contributed by atoms with Crippen molar-refractivity contribution in [3.8, 4) is 0 Å². The number of hydrogen-bond acceptors (Lipinski definition) is 5. The third kappa shape index (κ3) is 3.66. The quantitative estimate of drug-likeness (QED) is 0.659. The van der Waals surface area contributed by atoms with Crippen molar-refractivity contribution < 1.29 is 29.0 Å². The maximum Gasteiger partial charge on any atom is 0.306 e. The average Bonchev–Trinajstić information content (AvgIpc) is 3.03. The van der Waals surface area contributed by atoms with Gasteiger partial charge in [0.05, 0.1) is 12.8 Å². The van der Waals surface area contributed by atoms with E-state index in [1.807, 2.05) is 6.08 Å². The second kappa shape index (κ2) is 7.86. The standard InChI is InChI=1S/C25H34O6/c1-14(26)18-6-7-19-17-5-4-15-12-16(27)10-11-24(15,2)23(17)20(13-25(18,19)3)31-22(30)9-8-21(28)29/h12,17-20,23H,4-11,13H2,1-3H3,(H,28,29)/t17-,18+,19-,20+,23-,24-,25+/m0/s1. The van der Waals surface area contributed by atoms with E-state index in [-0.39, 0.29) is 53.2 Å². The third-order valence-corrected chi connectivity index (χ3v) is 9.19. The van der Waals surface area contributed by atoms with E-state index in [0.717, 1.165) is 32.1 Å². The molecular formula is C25H34O6. The summed E-state index contributed by atoms with van der Waals surface area (Å²) in [4.78, 5) is 48.1. The monoisotopic (exact) mass is 430 g/mol. The number of allylic oxidation sites excluding steroid dienone is 1. The average molecular weight is 431 g/mol. The van der Waals surface area contributed by atoms with Crippen molar-refractivity contribution in [2.45, 2.75) is 84.7 Å². The number of ketones is 2. The van der Waals surface area contributed by atoms with Gasteiger partial charge in [0.25, 0.3) is 0 Å². The molecule has 3 saturated carbocycles. The van der Waals surface area contributed by atoms with Gasteiger partial charge >= 0.3 is 11.9 Å². The van der Waals surface area contributed by atoms with Crippen LogP contribution in [0, 0.1) is 34.5 Å². The molecule has 0 aromatic carbocycles. The van der Waals surface area contributed by atoms with Crippen molar-refractivity contribution in [1.29, 1.82) is 0 Å². The van der Waals surface area contributed by atoms with Crippen LogP contribution in [0.25, 0.3) is 0 Å². The Bertz CT molecular complexity index is 843. The fourth-order valence-corrected chi connectivity index (χ4v) is 7.87. The zero-order chi connectivity index (χ0) is 22.6. The summed E-state index contributed by atoms with van der Waals surface area (Å²) in [6.07, 6.45) is 6.75. The molecular weight excluding hydrogens is 396 g/mol. The second-order valence-electron chi connectivity index (χ2n) is 10.8. The Morgan fingerprint density at radius 2 is 1.87 bits per heavy atom. The Labute approximate surface area is 183 Å². The number of carbonyl (C=O) groups excluding carboxylic acids is 3. The minimum atomic E-state index is -1.02. The highest BCUT2D eigenvalue weighted by atomic mass is 16.5. The topological polar surface area (TPSA) is 97.7 Å². The van der Waals surface area contributed by atoms with E-state index in [0.29, 0.717) is 24.7 Å². The molecule has 4 aliphatic carbocycles. The number of fused-ring (bicyclic) bond motifs is 5. The van der Waals surface area contributed by atoms with Crippen LogP contribution >= 0.6 is 0 Å². The molecule has 6 nitrogen and oxygen atoms in total. The predicted octanol–water partition coefficient (Wildman–Crippen LogP) is 4.11. The maximum absolute atomic E-state index is 12.6. The molecule has 0 radical (unpaired) electrons. The van der Waals surface area contributed by atoms with Gasteiger partial charge in [-0.05, 0) is 74.2 Å². The van der Waals surface area contributed by atoms with Crippen molar-refractivity contribution in [1.82, 2.24) is 0 Å². The van der Waals surface area contributed by atoms with Crippen LogP contribution in [-0.4, -0.2) is 34.7 Å². The third-order valence-electron chi connectivity index (χ3n) is 9.19. The lowest BCUT2D eigenvalue weighted by Gasteiger charge is -2.60. The van der Waals surface area contributed by atoms with Crippen molar-refractivity contribution in [2.24, 2.45) is 34.5 Å². The molecule has 0 unspecified atom stereocenters. The number of hydrogen-bond donors (Lipinski definition) is 1. The van der Waals surface area contributed by atoms with Gasteiger partial charge in [-0.2, -0.15) is 0 Å². The summed E-state index contributed by atoms with van der Waals surface area (Å²) in [5.41, 5.74) is 0.790. The zero-order valence-corrected chi connectivity index (χ0v) is 18.8. The Morgan fingerprint density at radius 1 is 1.13 bits per heavy atom. The molecule has 31 heavy (non-hydrogen) atoms. The van der Waals surface area contributed by atoms with Gasteiger partial charge < -0.3 is 9.84 Å². The second-order valence-corrected chi connectivity index (χ2v) is 10.8. The van der Waals surface area contributed by atoms with E-state index >= 15 is 0 Å². The van der Waals surface area contributed by atoms with Crippen LogP contribution in [-0.2, 0) is 23.9 Å². The number of carboxylic acids is 1. The van der Waals surface area contributed by atoms with E-state index < -0.39 is 11.9 Å². The van der Waals surface area contributed by atoms with E-state index in [4.69, 9.17) is 9.84 Å². The summed E-state index contributed by atoms with van der Waals surface area (Å²) in [7, 11) is 0. The summed E-state index contributed by atoms with van der Waals surface area (Å²) in [6.45, 7) is 6.09. The molecule has 0 aromatic heterocycles. The van der Waals surface area contributed by atoms with E-state index in [1.165, 1.54) is 5.57 Å². The maximum atomic E-state index is 12.6. The molecule has 4 aliphatic rings. The summed E-state index contributed by atoms with van der Waals surface area (Å²) in [5.74, 6) is -0.248. The van der Waals surface area contributed by atoms with Gasteiger partial charge in [-0.1, -0.05) is 19.4 Å². The van der Waals surface area contributed by atoms with Crippen molar-refractivity contribution in [2.75, 3.05) is 0 Å². The molecule has 1 N–H and O–H groups in total. The Hall–Kier alpha value is -1.98. The fraction of sp³-hybridized carbons (Fsp3) is 0.760. The van der Waals surface area contributed by atoms with E-state index in [2.05, 4.69) is 13.8 Å². The predicted molar refractivity (Wildman–Crippen MR) is 113 cm³/mol. The summed E-state index contributed by atoms with van der Waals surface area (Å²) < 4.78 is 6.03. The van der Waals surface area contributed by atoms with Crippen molar-refractivity contribution in [3.63, 3.8) is 0 Å². The van der Waals surface area contributed by atoms with Gasteiger partial charge in [-0.25, -0.2) is 0 Å². The van der Waals surface area contributed by atoms with Crippen LogP contribution in [0.3, 0.4) is 0 Å². The molecule has 3 fully saturated rings. The molecule has 6 heteroatoms. The smallest absolute Gasteiger partial charge is 0.306 e. The highest BCUT2D eigenvalue weighted by Crippen LogP contribution is 2.67. The largest absolute Gasteiger partial charge is 0.481 e. The Kier molecular flexibility index (Phi) is 5.63. The zero-order valence-electron chi connectivity index (χ0n) is 18.8. The van der Waals surface area contributed by atoms with Crippen LogP contribution in [0.2, 0.25) is 0 Å². The SMILES string of the molecule is CC(=O)[C@H]1CC[C@H]2[C@@H]3CCC4=CC(=O)CC[C@]4(C)[C@@H]3[C@H](OC(=O)CCC(=O)O)C[C@]12C. The van der Waals surface area contributed by atoms with Crippen LogP contribution in [0.4, 0.5) is 0 Å². The minimum Gasteiger partial charge on any atom is -0.481 e. The molecule has 170 valence electrons. The first-order chi connectivity index (χ1) is 14.6. The summed E-state index contributed by atoms with van der Waals surface area (Å²) in [6, 6.07) is 0. The molecule has 0 spiro atoms. The van der Waals surface area contributed by atoms with Gasteiger partial charge in [-0.3, -0.25) is 19.2 Å². The van der Waals surface area contributed by atoms with Gasteiger partial charge in [-0.15, -0.1) is 0 Å². The first kappa shape index (κ1) is 22.2. The van der Waals surface area contributed by atoms with Crippen LogP contribution in [0.15, 0.2) is 11.6 Å². The molecule has 4 rings (SSSR count). The number of aliphatic carboxylic acids is 1. The molecule has 0 saturated heterocycles. The summed E-state index contributed by atoms with van der Waals surface area (Å²) in [5, 5.41) is 8.95. The van der Waals surface area contributed by atoms with Gasteiger partial charge in [0.15, 0.2) is 5.78 Å². The Morgan fingerprint density at radius 3 is 2.55 bits per heavy atom. The molecule has 0 heterocycles. The molecule has 7 atom stereocenters. The Balaban J connectivity index is 1.70. The number of carboxylic acid groups (broad SMARTS) is 1. The van der Waals surface area contributed by atoms with Crippen LogP contribution in [0.5, 0.6) is 0 Å². The lowest BCUT2D eigenvalue weighted by molar-refractivity contribution is -0.178. The minimum absolute atomic E-state index is 0.0173. The lowest BCUT2D eigenvalue weighted by atomic mass is 9.46. The highest BCUT2D eigenvalue weighted by molar-refractivity contribution is 5.91. The van der Waals surface area contributed by atoms with Crippen molar-refractivity contribution >= 4 is 23.5 Å². The highest BCUT2D eigenvalue weighted by Gasteiger charge is 2.63. The van der Waals surface area contributed by atoms with Gasteiger partial charge in [0.2, 0.25) is 0 Å². The molecule has 0 aromatic rings. The van der Waals surface area contributed by atoms with Crippen molar-refractivity contribution in [3.05, 3.63) is 11.6 Å². The number of esters is 1. The lowest BCUT2D eigenvalue weighted by Crippen LogP contribution is -2.58. The van der Waals surface area contributed by atoms with Gasteiger partial charge in [0, 0.05) is 18.3 Å². The number of rotatable bonds is 5. The first-order valence-electron chi connectivity index (χ1n) is 11.7. The first-order valence-corrected chi connectivity index (χ1v) is 11.7. The summed E-state index contributed by atoms with van der Waals surface area (Å²) >= 11 is 0. The number of Topliss-reactive ketones (excluding diaryl/α,β-unsaturated/α-hetero) is 1. The van der Waals surface area contributed by atoms with E-state index in [1.54, 1.807) is 6.92 Å². The molecule has 0 aliphatic heterocycles. The normalized spacial score (nSPS) is 41.5. The molecule has 0 amide bonds. The number of ether oxygens (including phenoxy) is 1. The fourth-order valence-electron chi connectivity index (χ4n) is 7.87. The van der Waals surface area contributed by atoms with Gasteiger partial charge in [0.1, 0.15) is 11.9 Å². The van der Waals surface area contributed by atoms with Crippen LogP contribution in [0.1, 0.15) is 78.6 Å². The molecule has 0 bridgehead atoms. The van der Waals surface area contributed by atoms with E-state index in [9.17, 15) is 19.2 Å². The van der Waals surface area contributed by atoms with Crippen LogP contribution < -0.4 is 0 Å². The number of carbonyl (C=O) groups is 4.